The molecule has 1 atom stereocenters. The largest absolute Gasteiger partial charge is 0.439 e. The molecule has 5 nitrogen and oxygen atoms in total. The summed E-state index contributed by atoms with van der Waals surface area (Å²) in [6.07, 6.45) is 6.98. The summed E-state index contributed by atoms with van der Waals surface area (Å²) in [5.41, 5.74) is 7.79. The van der Waals surface area contributed by atoms with E-state index in [1.807, 2.05) is 6.92 Å². The zero-order valence-electron chi connectivity index (χ0n) is 10.5. The van der Waals surface area contributed by atoms with Crippen LogP contribution < -0.4 is 5.73 Å². The Morgan fingerprint density at radius 2 is 2.11 bits per heavy atom. The van der Waals surface area contributed by atoms with Gasteiger partial charge in [0.1, 0.15) is 6.26 Å². The van der Waals surface area contributed by atoms with Gasteiger partial charge in [-0.05, 0) is 25.3 Å². The molecule has 96 valence electrons. The zero-order chi connectivity index (χ0) is 13.0. The molecule has 0 aliphatic carbocycles. The average Bonchev–Trinajstić information content (AvgIpc) is 2.77. The fourth-order valence-electron chi connectivity index (χ4n) is 1.41. The van der Waals surface area contributed by atoms with Gasteiger partial charge in [-0.3, -0.25) is 0 Å². The van der Waals surface area contributed by atoms with Crippen LogP contribution in [0.2, 0.25) is 0 Å². The minimum absolute atomic E-state index is 0.168. The predicted molar refractivity (Wildman–Crippen MR) is 69.4 cm³/mol. The van der Waals surface area contributed by atoms with Gasteiger partial charge in [0.05, 0.1) is 5.69 Å². The third kappa shape index (κ3) is 3.54. The molecular formula is C12H16N4OS. The van der Waals surface area contributed by atoms with E-state index in [9.17, 15) is 0 Å². The highest BCUT2D eigenvalue weighted by Crippen LogP contribution is 2.23. The van der Waals surface area contributed by atoms with Crippen LogP contribution in [0.4, 0.5) is 0 Å². The van der Waals surface area contributed by atoms with Crippen LogP contribution in [0.3, 0.4) is 0 Å². The highest BCUT2D eigenvalue weighted by atomic mass is 32.2. The van der Waals surface area contributed by atoms with Gasteiger partial charge in [0.25, 0.3) is 5.22 Å². The molecule has 0 saturated heterocycles. The Bertz CT molecular complexity index is 497. The molecule has 2 rings (SSSR count). The number of nitrogens with two attached hydrogens (primary N) is 1. The second-order valence-electron chi connectivity index (χ2n) is 4.10. The van der Waals surface area contributed by atoms with Crippen molar-refractivity contribution in [1.29, 1.82) is 0 Å². The van der Waals surface area contributed by atoms with Crippen LogP contribution in [-0.2, 0) is 6.42 Å². The van der Waals surface area contributed by atoms with E-state index in [1.54, 1.807) is 18.7 Å². The molecule has 0 spiro atoms. The summed E-state index contributed by atoms with van der Waals surface area (Å²) in [6, 6.07) is 0.168. The summed E-state index contributed by atoms with van der Waals surface area (Å²) in [5.74, 6) is 0. The van der Waals surface area contributed by atoms with E-state index in [0.29, 0.717) is 10.4 Å². The molecule has 6 heteroatoms. The molecule has 0 saturated carbocycles. The first-order valence-electron chi connectivity index (χ1n) is 5.84. The van der Waals surface area contributed by atoms with Crippen molar-refractivity contribution in [3.63, 3.8) is 0 Å². The van der Waals surface area contributed by atoms with Gasteiger partial charge in [-0.25, -0.2) is 15.0 Å². The third-order valence-corrected chi connectivity index (χ3v) is 3.24. The minimum Gasteiger partial charge on any atom is -0.439 e. The summed E-state index contributed by atoms with van der Waals surface area (Å²) in [7, 11) is 0. The summed E-state index contributed by atoms with van der Waals surface area (Å²) >= 11 is 1.31. The van der Waals surface area contributed by atoms with Crippen LogP contribution in [0.5, 0.6) is 0 Å². The third-order valence-electron chi connectivity index (χ3n) is 2.48. The molecule has 0 fully saturated rings. The first-order chi connectivity index (χ1) is 8.67. The van der Waals surface area contributed by atoms with Gasteiger partial charge in [-0.15, -0.1) is 0 Å². The summed E-state index contributed by atoms with van der Waals surface area (Å²) in [6.45, 7) is 3.95. The highest BCUT2D eigenvalue weighted by molar-refractivity contribution is 7.98. The fraction of sp³-hybridized carbons (Fsp3) is 0.417. The lowest BCUT2D eigenvalue weighted by Gasteiger charge is -2.07. The number of oxazole rings is 1. The highest BCUT2D eigenvalue weighted by Gasteiger charge is 2.07. The van der Waals surface area contributed by atoms with Crippen molar-refractivity contribution in [2.24, 2.45) is 5.73 Å². The van der Waals surface area contributed by atoms with Gasteiger partial charge < -0.3 is 10.2 Å². The maximum Gasteiger partial charge on any atom is 0.263 e. The van der Waals surface area contributed by atoms with Gasteiger partial charge in [-0.2, -0.15) is 0 Å². The van der Waals surface area contributed by atoms with Gasteiger partial charge in [-0.1, -0.05) is 6.92 Å². The lowest BCUT2D eigenvalue weighted by molar-refractivity contribution is 0.453. The molecule has 0 radical (unpaired) electrons. The molecule has 2 aromatic rings. The Hall–Kier alpha value is -1.40. The molecule has 0 aliphatic rings. The Kier molecular flexibility index (Phi) is 4.33. The lowest BCUT2D eigenvalue weighted by atomic mass is 10.1. The molecule has 2 N–H and O–H groups in total. The quantitative estimate of drug-likeness (QED) is 0.834. The first kappa shape index (κ1) is 13.0. The van der Waals surface area contributed by atoms with Crippen LogP contribution in [-0.4, -0.2) is 21.0 Å². The van der Waals surface area contributed by atoms with Crippen LogP contribution in [0.15, 0.2) is 33.5 Å². The van der Waals surface area contributed by atoms with E-state index in [4.69, 9.17) is 10.2 Å². The lowest BCUT2D eigenvalue weighted by Crippen LogP contribution is -2.21. The predicted octanol–water partition coefficient (Wildman–Crippen LogP) is 2.20. The molecule has 0 amide bonds. The van der Waals surface area contributed by atoms with Crippen LogP contribution >= 0.6 is 11.8 Å². The van der Waals surface area contributed by atoms with Crippen molar-refractivity contribution in [2.75, 3.05) is 0 Å². The molecule has 2 aromatic heterocycles. The SMILES string of the molecule is CCC(N)Cc1cnc(Sc2nc(C)co2)nc1. The monoisotopic (exact) mass is 264 g/mol. The molecule has 0 bridgehead atoms. The Labute approximate surface area is 110 Å². The number of aromatic nitrogens is 3. The Morgan fingerprint density at radius 1 is 1.39 bits per heavy atom. The van der Waals surface area contributed by atoms with Gasteiger partial charge in [0, 0.05) is 30.2 Å². The number of hydrogen-bond donors (Lipinski definition) is 1. The number of rotatable bonds is 5. The summed E-state index contributed by atoms with van der Waals surface area (Å²) < 4.78 is 5.23. The maximum absolute atomic E-state index is 5.88. The van der Waals surface area contributed by atoms with Crippen molar-refractivity contribution in [3.05, 3.63) is 29.9 Å². The van der Waals surface area contributed by atoms with E-state index >= 15 is 0 Å². The zero-order valence-corrected chi connectivity index (χ0v) is 11.3. The molecule has 1 unspecified atom stereocenters. The minimum atomic E-state index is 0.168. The van der Waals surface area contributed by atoms with E-state index in [0.717, 1.165) is 24.1 Å². The van der Waals surface area contributed by atoms with Crippen LogP contribution in [0.25, 0.3) is 0 Å². The molecule has 2 heterocycles. The number of aryl methyl sites for hydroxylation is 1. The van der Waals surface area contributed by atoms with E-state index in [-0.39, 0.29) is 6.04 Å². The smallest absolute Gasteiger partial charge is 0.263 e. The molecule has 18 heavy (non-hydrogen) atoms. The van der Waals surface area contributed by atoms with Crippen LogP contribution in [0.1, 0.15) is 24.6 Å². The van der Waals surface area contributed by atoms with Crippen molar-refractivity contribution >= 4 is 11.8 Å². The van der Waals surface area contributed by atoms with Gasteiger partial charge in [0.2, 0.25) is 0 Å². The van der Waals surface area contributed by atoms with Crippen molar-refractivity contribution in [3.8, 4) is 0 Å². The Balaban J connectivity index is 1.99. The molecule has 0 aromatic carbocycles. The Morgan fingerprint density at radius 3 is 2.67 bits per heavy atom. The average molecular weight is 264 g/mol. The number of hydrogen-bond acceptors (Lipinski definition) is 6. The second kappa shape index (κ2) is 5.97. The molecular weight excluding hydrogens is 248 g/mol. The summed E-state index contributed by atoms with van der Waals surface area (Å²) in [5, 5.41) is 1.19. The van der Waals surface area contributed by atoms with E-state index in [1.165, 1.54) is 11.8 Å². The number of nitrogens with zero attached hydrogens (tertiary/aromatic N) is 3. The summed E-state index contributed by atoms with van der Waals surface area (Å²) in [4.78, 5) is 12.7. The normalized spacial score (nSPS) is 12.6. The topological polar surface area (TPSA) is 77.8 Å². The standard InChI is InChI=1S/C12H16N4OS/c1-3-10(13)4-9-5-14-11(15-6-9)18-12-16-8(2)7-17-12/h5-7,10H,3-4,13H2,1-2H3. The van der Waals surface area contributed by atoms with Gasteiger partial charge >= 0.3 is 0 Å². The first-order valence-corrected chi connectivity index (χ1v) is 6.65. The molecule has 0 aliphatic heterocycles. The van der Waals surface area contributed by atoms with E-state index in [2.05, 4.69) is 21.9 Å². The van der Waals surface area contributed by atoms with Gasteiger partial charge in [0.15, 0.2) is 5.16 Å². The second-order valence-corrected chi connectivity index (χ2v) is 5.02. The van der Waals surface area contributed by atoms with Crippen LogP contribution in [0, 0.1) is 6.92 Å². The van der Waals surface area contributed by atoms with Crippen molar-refractivity contribution in [2.45, 2.75) is 43.1 Å². The fourth-order valence-corrected chi connectivity index (χ4v) is 2.06. The van der Waals surface area contributed by atoms with Crippen molar-refractivity contribution < 1.29 is 4.42 Å². The maximum atomic E-state index is 5.88. The van der Waals surface area contributed by atoms with Crippen molar-refractivity contribution in [1.82, 2.24) is 15.0 Å². The van der Waals surface area contributed by atoms with E-state index < -0.39 is 0 Å².